The number of nitrogens with one attached hydrogen (secondary N) is 1. The van der Waals surface area contributed by atoms with Crippen LogP contribution in [-0.4, -0.2) is 11.7 Å². The molecule has 1 aliphatic rings. The number of rotatable bonds is 3. The zero-order valence-corrected chi connectivity index (χ0v) is 13.2. The Kier molecular flexibility index (Phi) is 4.30. The highest BCUT2D eigenvalue weighted by Crippen LogP contribution is 2.35. The van der Waals surface area contributed by atoms with Crippen LogP contribution in [0.4, 0.5) is 5.69 Å². The monoisotopic (exact) mass is 296 g/mol. The summed E-state index contributed by atoms with van der Waals surface area (Å²) in [6.45, 7) is 5.28. The van der Waals surface area contributed by atoms with Crippen molar-refractivity contribution >= 4 is 22.6 Å². The average Bonchev–Trinajstić information content (AvgIpc) is 2.97. The molecule has 0 aliphatic carbocycles. The first-order valence-corrected chi connectivity index (χ1v) is 8.23. The van der Waals surface area contributed by atoms with Crippen molar-refractivity contribution < 1.29 is 0 Å². The van der Waals surface area contributed by atoms with Gasteiger partial charge in [0.1, 0.15) is 0 Å². The first kappa shape index (κ1) is 14.2. The van der Waals surface area contributed by atoms with E-state index in [4.69, 9.17) is 0 Å². The molecule has 0 fully saturated rings. The van der Waals surface area contributed by atoms with Gasteiger partial charge in [-0.3, -0.25) is 4.99 Å². The second kappa shape index (κ2) is 6.35. The minimum absolute atomic E-state index is 0.432. The van der Waals surface area contributed by atoms with Gasteiger partial charge >= 0.3 is 0 Å². The molecule has 0 saturated carbocycles. The number of hydrogen-bond donors (Lipinski definition) is 1. The highest BCUT2D eigenvalue weighted by molar-refractivity contribution is 8.14. The molecule has 2 aromatic rings. The number of benzene rings is 2. The fraction of sp³-hybridized carbons (Fsp3) is 0.278. The Morgan fingerprint density at radius 3 is 2.67 bits per heavy atom. The summed E-state index contributed by atoms with van der Waals surface area (Å²) in [5.74, 6) is 0.544. The second-order valence-electron chi connectivity index (χ2n) is 5.57. The SMILES string of the molecule is CC(C)c1cccc(NC2=NCC(c3ccccc3)S2)c1. The second-order valence-corrected chi connectivity index (χ2v) is 6.76. The number of hydrogen-bond acceptors (Lipinski definition) is 3. The van der Waals surface area contributed by atoms with Crippen LogP contribution in [-0.2, 0) is 0 Å². The summed E-state index contributed by atoms with van der Waals surface area (Å²) in [6.07, 6.45) is 0. The highest BCUT2D eigenvalue weighted by Gasteiger charge is 2.21. The Morgan fingerprint density at radius 2 is 1.90 bits per heavy atom. The summed E-state index contributed by atoms with van der Waals surface area (Å²) in [4.78, 5) is 4.63. The molecule has 2 nitrogen and oxygen atoms in total. The van der Waals surface area contributed by atoms with Crippen LogP contribution in [0.2, 0.25) is 0 Å². The van der Waals surface area contributed by atoms with Crippen molar-refractivity contribution in [3.8, 4) is 0 Å². The van der Waals surface area contributed by atoms with Gasteiger partial charge in [-0.1, -0.05) is 68.1 Å². The van der Waals surface area contributed by atoms with Gasteiger partial charge in [0.15, 0.2) is 5.17 Å². The molecule has 1 unspecified atom stereocenters. The van der Waals surface area contributed by atoms with Gasteiger partial charge in [-0.15, -0.1) is 0 Å². The molecule has 21 heavy (non-hydrogen) atoms. The molecule has 0 bridgehead atoms. The number of amidine groups is 1. The normalized spacial score (nSPS) is 17.9. The molecule has 0 amide bonds. The number of anilines is 1. The third-order valence-electron chi connectivity index (χ3n) is 3.63. The molecular weight excluding hydrogens is 276 g/mol. The first-order valence-electron chi connectivity index (χ1n) is 7.35. The zero-order valence-electron chi connectivity index (χ0n) is 12.4. The van der Waals surface area contributed by atoms with E-state index in [2.05, 4.69) is 78.8 Å². The number of nitrogens with zero attached hydrogens (tertiary/aromatic N) is 1. The largest absolute Gasteiger partial charge is 0.335 e. The van der Waals surface area contributed by atoms with Crippen molar-refractivity contribution in [2.75, 3.05) is 11.9 Å². The Labute approximate surface area is 130 Å². The van der Waals surface area contributed by atoms with Gasteiger partial charge in [-0.2, -0.15) is 0 Å². The summed E-state index contributed by atoms with van der Waals surface area (Å²) in [6, 6.07) is 19.2. The number of thioether (sulfide) groups is 1. The summed E-state index contributed by atoms with van der Waals surface area (Å²) < 4.78 is 0. The predicted molar refractivity (Wildman–Crippen MR) is 93.2 cm³/mol. The van der Waals surface area contributed by atoms with E-state index in [-0.39, 0.29) is 0 Å². The lowest BCUT2D eigenvalue weighted by molar-refractivity contribution is 0.867. The van der Waals surface area contributed by atoms with E-state index in [0.29, 0.717) is 11.2 Å². The van der Waals surface area contributed by atoms with E-state index >= 15 is 0 Å². The summed E-state index contributed by atoms with van der Waals surface area (Å²) >= 11 is 1.81. The minimum Gasteiger partial charge on any atom is -0.335 e. The predicted octanol–water partition coefficient (Wildman–Crippen LogP) is 5.07. The topological polar surface area (TPSA) is 24.4 Å². The van der Waals surface area contributed by atoms with E-state index in [1.165, 1.54) is 11.1 Å². The molecule has 1 heterocycles. The van der Waals surface area contributed by atoms with Crippen molar-refractivity contribution in [3.05, 3.63) is 65.7 Å². The standard InChI is InChI=1S/C18H20N2S/c1-13(2)15-9-6-10-16(11-15)20-18-19-12-17(21-18)14-7-4-3-5-8-14/h3-11,13,17H,12H2,1-2H3,(H,19,20). The van der Waals surface area contributed by atoms with Gasteiger partial charge < -0.3 is 5.32 Å². The molecule has 3 heteroatoms. The van der Waals surface area contributed by atoms with Gasteiger partial charge in [-0.05, 0) is 29.2 Å². The molecule has 108 valence electrons. The Balaban J connectivity index is 1.66. The smallest absolute Gasteiger partial charge is 0.161 e. The van der Waals surface area contributed by atoms with E-state index in [9.17, 15) is 0 Å². The van der Waals surface area contributed by atoms with Gasteiger partial charge in [0.05, 0.1) is 11.8 Å². The lowest BCUT2D eigenvalue weighted by Crippen LogP contribution is -2.05. The molecule has 0 aromatic heterocycles. The van der Waals surface area contributed by atoms with Crippen LogP contribution in [0.5, 0.6) is 0 Å². The maximum Gasteiger partial charge on any atom is 0.161 e. The summed E-state index contributed by atoms with van der Waals surface area (Å²) in [5, 5.41) is 4.90. The van der Waals surface area contributed by atoms with Crippen LogP contribution in [0.15, 0.2) is 59.6 Å². The lowest BCUT2D eigenvalue weighted by Gasteiger charge is -2.11. The molecule has 2 aromatic carbocycles. The van der Waals surface area contributed by atoms with Gasteiger partial charge in [-0.25, -0.2) is 0 Å². The van der Waals surface area contributed by atoms with Crippen LogP contribution in [0, 0.1) is 0 Å². The van der Waals surface area contributed by atoms with Gasteiger partial charge in [0.2, 0.25) is 0 Å². The van der Waals surface area contributed by atoms with E-state index in [1.54, 1.807) is 0 Å². The molecular formula is C18H20N2S. The number of aliphatic imine (C=N–C) groups is 1. The van der Waals surface area contributed by atoms with Crippen molar-refractivity contribution in [1.82, 2.24) is 0 Å². The maximum absolute atomic E-state index is 4.63. The van der Waals surface area contributed by atoms with Crippen molar-refractivity contribution in [1.29, 1.82) is 0 Å². The molecule has 0 radical (unpaired) electrons. The minimum atomic E-state index is 0.432. The Bertz CT molecular complexity index is 635. The Hall–Kier alpha value is -1.74. The fourth-order valence-electron chi connectivity index (χ4n) is 2.38. The van der Waals surface area contributed by atoms with Gasteiger partial charge in [0, 0.05) is 5.69 Å². The van der Waals surface area contributed by atoms with Crippen molar-refractivity contribution in [3.63, 3.8) is 0 Å². The van der Waals surface area contributed by atoms with E-state index < -0.39 is 0 Å². The van der Waals surface area contributed by atoms with E-state index in [0.717, 1.165) is 17.4 Å². The Morgan fingerprint density at radius 1 is 1.10 bits per heavy atom. The van der Waals surface area contributed by atoms with Crippen LogP contribution >= 0.6 is 11.8 Å². The van der Waals surface area contributed by atoms with Crippen LogP contribution < -0.4 is 5.32 Å². The highest BCUT2D eigenvalue weighted by atomic mass is 32.2. The van der Waals surface area contributed by atoms with Crippen LogP contribution in [0.1, 0.15) is 36.1 Å². The summed E-state index contributed by atoms with van der Waals surface area (Å²) in [5.41, 5.74) is 3.82. The molecule has 1 aliphatic heterocycles. The summed E-state index contributed by atoms with van der Waals surface area (Å²) in [7, 11) is 0. The van der Waals surface area contributed by atoms with Crippen molar-refractivity contribution in [2.24, 2.45) is 4.99 Å². The van der Waals surface area contributed by atoms with Crippen molar-refractivity contribution in [2.45, 2.75) is 25.0 Å². The average molecular weight is 296 g/mol. The third-order valence-corrected chi connectivity index (χ3v) is 4.79. The maximum atomic E-state index is 4.63. The van der Waals surface area contributed by atoms with Crippen LogP contribution in [0.3, 0.4) is 0 Å². The molecule has 1 atom stereocenters. The van der Waals surface area contributed by atoms with Gasteiger partial charge in [0.25, 0.3) is 0 Å². The first-order chi connectivity index (χ1) is 10.2. The van der Waals surface area contributed by atoms with E-state index in [1.807, 2.05) is 11.8 Å². The molecule has 1 N–H and O–H groups in total. The molecule has 0 spiro atoms. The lowest BCUT2D eigenvalue weighted by atomic mass is 10.0. The van der Waals surface area contributed by atoms with Crippen LogP contribution in [0.25, 0.3) is 0 Å². The molecule has 0 saturated heterocycles. The zero-order chi connectivity index (χ0) is 14.7. The molecule has 3 rings (SSSR count). The quantitative estimate of drug-likeness (QED) is 0.855. The third kappa shape index (κ3) is 3.48. The fourth-order valence-corrected chi connectivity index (χ4v) is 3.42.